The molecule has 10 nitrogen and oxygen atoms in total. The molecule has 0 saturated carbocycles. The zero-order chi connectivity index (χ0) is 19.2. The third-order valence-corrected chi connectivity index (χ3v) is 4.37. The van der Waals surface area contributed by atoms with E-state index >= 15 is 0 Å². The highest BCUT2D eigenvalue weighted by Gasteiger charge is 2.20. The number of carbonyl (C=O) groups is 1. The fourth-order valence-corrected chi connectivity index (χ4v) is 2.92. The smallest absolute Gasteiger partial charge is 0.246 e. The van der Waals surface area contributed by atoms with Crippen molar-refractivity contribution in [1.82, 2.24) is 35.3 Å². The highest BCUT2D eigenvalue weighted by molar-refractivity contribution is 5.77. The van der Waals surface area contributed by atoms with Gasteiger partial charge in [0.25, 0.3) is 0 Å². The third kappa shape index (κ3) is 4.46. The summed E-state index contributed by atoms with van der Waals surface area (Å²) in [5.74, 6) is 1.40. The van der Waals surface area contributed by atoms with Crippen molar-refractivity contribution in [2.24, 2.45) is 0 Å². The van der Waals surface area contributed by atoms with Gasteiger partial charge in [-0.3, -0.25) is 14.7 Å². The van der Waals surface area contributed by atoms with Crippen LogP contribution in [0.1, 0.15) is 5.89 Å². The topological polar surface area (TPSA) is 113 Å². The molecule has 0 atom stereocenters. The molecule has 1 aliphatic rings. The molecule has 28 heavy (non-hydrogen) atoms. The van der Waals surface area contributed by atoms with Crippen LogP contribution in [0.25, 0.3) is 11.5 Å². The van der Waals surface area contributed by atoms with Gasteiger partial charge in [0, 0.05) is 44.8 Å². The Bertz CT molecular complexity index is 894. The molecule has 144 valence electrons. The SMILES string of the molecule is O=C(CN1CCN(c2ncccn2)CC1)NCc1nc(-c2ccccn2)no1. The van der Waals surface area contributed by atoms with Crippen molar-refractivity contribution in [1.29, 1.82) is 0 Å². The average molecular weight is 380 g/mol. The van der Waals surface area contributed by atoms with Crippen LogP contribution in [0.3, 0.4) is 0 Å². The molecule has 3 aromatic rings. The summed E-state index contributed by atoms with van der Waals surface area (Å²) in [5, 5.41) is 6.71. The number of amides is 1. The Morgan fingerprint density at radius 3 is 2.57 bits per heavy atom. The second-order valence-corrected chi connectivity index (χ2v) is 6.32. The van der Waals surface area contributed by atoms with Gasteiger partial charge in [-0.05, 0) is 18.2 Å². The zero-order valence-corrected chi connectivity index (χ0v) is 15.2. The molecule has 4 rings (SSSR count). The van der Waals surface area contributed by atoms with Gasteiger partial charge in [-0.25, -0.2) is 9.97 Å². The summed E-state index contributed by atoms with van der Waals surface area (Å²) in [5.41, 5.74) is 0.629. The summed E-state index contributed by atoms with van der Waals surface area (Å²) in [6, 6.07) is 7.27. The van der Waals surface area contributed by atoms with Crippen molar-refractivity contribution in [3.05, 3.63) is 48.7 Å². The van der Waals surface area contributed by atoms with Gasteiger partial charge in [0.15, 0.2) is 0 Å². The lowest BCUT2D eigenvalue weighted by molar-refractivity contribution is -0.122. The van der Waals surface area contributed by atoms with Crippen molar-refractivity contribution >= 4 is 11.9 Å². The minimum atomic E-state index is -0.0815. The Hall–Kier alpha value is -3.40. The van der Waals surface area contributed by atoms with Crippen LogP contribution in [0.2, 0.25) is 0 Å². The molecule has 0 aromatic carbocycles. The first kappa shape index (κ1) is 18.0. The molecule has 3 aromatic heterocycles. The maximum atomic E-state index is 12.2. The maximum Gasteiger partial charge on any atom is 0.246 e. The lowest BCUT2D eigenvalue weighted by Crippen LogP contribution is -2.49. The number of anilines is 1. The van der Waals surface area contributed by atoms with Crippen LogP contribution in [-0.4, -0.2) is 68.6 Å². The number of hydrogen-bond donors (Lipinski definition) is 1. The first-order valence-corrected chi connectivity index (χ1v) is 9.03. The normalized spacial score (nSPS) is 14.8. The van der Waals surface area contributed by atoms with E-state index in [1.165, 1.54) is 0 Å². The standard InChI is InChI=1S/C18H20N8O2/c27-15(13-25-8-10-26(11-9-25)18-20-6-3-7-21-18)22-12-16-23-17(24-28-16)14-4-1-2-5-19-14/h1-7H,8-13H2,(H,22,27). The average Bonchev–Trinajstić information content (AvgIpc) is 3.23. The quantitative estimate of drug-likeness (QED) is 0.647. The summed E-state index contributed by atoms with van der Waals surface area (Å²) in [7, 11) is 0. The van der Waals surface area contributed by atoms with E-state index in [0.29, 0.717) is 24.0 Å². The number of carbonyl (C=O) groups excluding carboxylic acids is 1. The molecule has 4 heterocycles. The largest absolute Gasteiger partial charge is 0.346 e. The number of pyridine rings is 1. The molecule has 0 spiro atoms. The van der Waals surface area contributed by atoms with Gasteiger partial charge in [0.1, 0.15) is 5.69 Å². The Labute approximate surface area is 161 Å². The summed E-state index contributed by atoms with van der Waals surface area (Å²) >= 11 is 0. The van der Waals surface area contributed by atoms with Crippen LogP contribution in [0.4, 0.5) is 5.95 Å². The predicted molar refractivity (Wildman–Crippen MR) is 100 cm³/mol. The van der Waals surface area contributed by atoms with Gasteiger partial charge in [-0.2, -0.15) is 4.98 Å². The van der Waals surface area contributed by atoms with Crippen LogP contribution in [0, 0.1) is 0 Å². The number of rotatable bonds is 6. The molecule has 1 N–H and O–H groups in total. The van der Waals surface area contributed by atoms with Crippen LogP contribution in [0.15, 0.2) is 47.4 Å². The molecule has 0 aliphatic carbocycles. The zero-order valence-electron chi connectivity index (χ0n) is 15.2. The van der Waals surface area contributed by atoms with E-state index in [1.807, 2.05) is 12.1 Å². The van der Waals surface area contributed by atoms with Crippen molar-refractivity contribution in [2.75, 3.05) is 37.6 Å². The molecule has 1 amide bonds. The molecule has 0 radical (unpaired) electrons. The van der Waals surface area contributed by atoms with E-state index in [2.05, 4.69) is 40.2 Å². The maximum absolute atomic E-state index is 12.2. The van der Waals surface area contributed by atoms with Gasteiger partial charge in [0.05, 0.1) is 13.1 Å². The molecular weight excluding hydrogens is 360 g/mol. The van der Waals surface area contributed by atoms with E-state index < -0.39 is 0 Å². The number of nitrogens with one attached hydrogen (secondary N) is 1. The number of hydrogen-bond acceptors (Lipinski definition) is 9. The molecular formula is C18H20N8O2. The molecule has 0 unspecified atom stereocenters. The van der Waals surface area contributed by atoms with Gasteiger partial charge >= 0.3 is 0 Å². The van der Waals surface area contributed by atoms with Gasteiger partial charge in [0.2, 0.25) is 23.6 Å². The monoisotopic (exact) mass is 380 g/mol. The predicted octanol–water partition coefficient (Wildman–Crippen LogP) is 0.360. The van der Waals surface area contributed by atoms with Crippen molar-refractivity contribution in [2.45, 2.75) is 6.54 Å². The number of piperazine rings is 1. The molecule has 1 fully saturated rings. The van der Waals surface area contributed by atoms with Gasteiger partial charge in [-0.1, -0.05) is 11.2 Å². The van der Waals surface area contributed by atoms with Crippen LogP contribution in [-0.2, 0) is 11.3 Å². The summed E-state index contributed by atoms with van der Waals surface area (Å²) in [6.45, 7) is 3.64. The summed E-state index contributed by atoms with van der Waals surface area (Å²) < 4.78 is 5.17. The van der Waals surface area contributed by atoms with Gasteiger partial charge < -0.3 is 14.7 Å². The Morgan fingerprint density at radius 1 is 1.04 bits per heavy atom. The lowest BCUT2D eigenvalue weighted by atomic mass is 10.3. The van der Waals surface area contributed by atoms with E-state index in [0.717, 1.165) is 32.1 Å². The second kappa shape index (κ2) is 8.53. The minimum absolute atomic E-state index is 0.0815. The highest BCUT2D eigenvalue weighted by atomic mass is 16.5. The van der Waals surface area contributed by atoms with E-state index in [4.69, 9.17) is 4.52 Å². The van der Waals surface area contributed by atoms with Crippen LogP contribution >= 0.6 is 0 Å². The van der Waals surface area contributed by atoms with Crippen molar-refractivity contribution < 1.29 is 9.32 Å². The third-order valence-electron chi connectivity index (χ3n) is 4.37. The molecule has 1 saturated heterocycles. The van der Waals surface area contributed by atoms with Crippen LogP contribution in [0.5, 0.6) is 0 Å². The highest BCUT2D eigenvalue weighted by Crippen LogP contribution is 2.12. The molecule has 0 bridgehead atoms. The molecule has 1 aliphatic heterocycles. The summed E-state index contributed by atoms with van der Waals surface area (Å²) in [6.07, 6.45) is 5.13. The van der Waals surface area contributed by atoms with Gasteiger partial charge in [-0.15, -0.1) is 0 Å². The first-order valence-electron chi connectivity index (χ1n) is 9.03. The fraction of sp³-hybridized carbons (Fsp3) is 0.333. The summed E-state index contributed by atoms with van der Waals surface area (Å²) in [4.78, 5) is 33.4. The Kier molecular flexibility index (Phi) is 5.48. The van der Waals surface area contributed by atoms with E-state index in [9.17, 15) is 4.79 Å². The van der Waals surface area contributed by atoms with Crippen molar-refractivity contribution in [3.63, 3.8) is 0 Å². The fourth-order valence-electron chi connectivity index (χ4n) is 2.92. The van der Waals surface area contributed by atoms with E-state index in [1.54, 1.807) is 30.7 Å². The number of aromatic nitrogens is 5. The molecule has 10 heteroatoms. The Morgan fingerprint density at radius 2 is 1.82 bits per heavy atom. The Balaban J connectivity index is 1.22. The number of nitrogens with zero attached hydrogens (tertiary/aromatic N) is 7. The van der Waals surface area contributed by atoms with Crippen molar-refractivity contribution in [3.8, 4) is 11.5 Å². The first-order chi connectivity index (χ1) is 13.8. The van der Waals surface area contributed by atoms with Crippen LogP contribution < -0.4 is 10.2 Å². The lowest BCUT2D eigenvalue weighted by Gasteiger charge is -2.34. The van der Waals surface area contributed by atoms with E-state index in [-0.39, 0.29) is 12.5 Å². The minimum Gasteiger partial charge on any atom is -0.346 e. The second-order valence-electron chi connectivity index (χ2n) is 6.32.